The minimum Gasteiger partial charge on any atom is -0.383 e. The molecule has 0 bridgehead atoms. The maximum atomic E-state index is 15.0. The lowest BCUT2D eigenvalue weighted by Gasteiger charge is -2.13. The Kier molecular flexibility index (Phi) is 5.37. The molecule has 0 amide bonds. The summed E-state index contributed by atoms with van der Waals surface area (Å²) in [5.74, 6) is -0.594. The largest absolute Gasteiger partial charge is 0.383 e. The number of anilines is 1. The molecule has 0 atom stereocenters. The van der Waals surface area contributed by atoms with E-state index in [4.69, 9.17) is 28.5 Å². The number of nitrogens with zero attached hydrogens (tertiary/aromatic N) is 5. The SMILES string of the molecule is Cc1nc2c(C(N)=NC=N)cc(-c3ccnc(N)c3Cl)cc2n1-c1ccnc2c(F)ccc(F)c12. The number of hydrogen-bond acceptors (Lipinski definition) is 5. The van der Waals surface area contributed by atoms with Crippen LogP contribution in [0.2, 0.25) is 5.02 Å². The second-order valence-corrected chi connectivity index (χ2v) is 8.05. The van der Waals surface area contributed by atoms with Gasteiger partial charge < -0.3 is 11.5 Å². The molecule has 3 heterocycles. The van der Waals surface area contributed by atoms with Gasteiger partial charge in [-0.15, -0.1) is 0 Å². The molecule has 2 aromatic carbocycles. The predicted octanol–water partition coefficient (Wildman–Crippen LogP) is 4.77. The topological polar surface area (TPSA) is 132 Å². The van der Waals surface area contributed by atoms with E-state index in [1.807, 2.05) is 0 Å². The number of imidazole rings is 1. The van der Waals surface area contributed by atoms with Crippen molar-refractivity contribution in [3.8, 4) is 16.8 Å². The third-order valence-electron chi connectivity index (χ3n) is 5.65. The van der Waals surface area contributed by atoms with Crippen LogP contribution in [0.5, 0.6) is 0 Å². The Morgan fingerprint density at radius 1 is 1.09 bits per heavy atom. The molecule has 174 valence electrons. The molecule has 0 radical (unpaired) electrons. The smallest absolute Gasteiger partial charge is 0.149 e. The molecule has 5 rings (SSSR count). The quantitative estimate of drug-likeness (QED) is 0.246. The van der Waals surface area contributed by atoms with Crippen molar-refractivity contribution in [3.63, 3.8) is 0 Å². The number of fused-ring (bicyclic) bond motifs is 2. The molecule has 8 nitrogen and oxygen atoms in total. The third kappa shape index (κ3) is 3.55. The van der Waals surface area contributed by atoms with Gasteiger partial charge in [-0.05, 0) is 48.9 Å². The normalized spacial score (nSPS) is 11.9. The van der Waals surface area contributed by atoms with Crippen molar-refractivity contribution in [2.45, 2.75) is 6.92 Å². The summed E-state index contributed by atoms with van der Waals surface area (Å²) in [4.78, 5) is 16.6. The van der Waals surface area contributed by atoms with Gasteiger partial charge in [0.15, 0.2) is 0 Å². The molecule has 0 aliphatic carbocycles. The van der Waals surface area contributed by atoms with Crippen molar-refractivity contribution in [2.75, 3.05) is 5.73 Å². The number of aromatic nitrogens is 4. The van der Waals surface area contributed by atoms with Crippen molar-refractivity contribution in [1.82, 2.24) is 19.5 Å². The van der Waals surface area contributed by atoms with Gasteiger partial charge in [0, 0.05) is 23.5 Å². The highest BCUT2D eigenvalue weighted by Crippen LogP contribution is 2.36. The highest BCUT2D eigenvalue weighted by molar-refractivity contribution is 6.35. The number of halogens is 3. The van der Waals surface area contributed by atoms with E-state index in [0.29, 0.717) is 39.2 Å². The van der Waals surface area contributed by atoms with Crippen LogP contribution < -0.4 is 11.5 Å². The molecular formula is C24H17ClF2N8. The number of nitrogens with one attached hydrogen (secondary N) is 1. The summed E-state index contributed by atoms with van der Waals surface area (Å²) < 4.78 is 31.1. The van der Waals surface area contributed by atoms with Crippen molar-refractivity contribution in [1.29, 1.82) is 5.41 Å². The number of aryl methyl sites for hydroxylation is 1. The van der Waals surface area contributed by atoms with E-state index < -0.39 is 11.6 Å². The lowest BCUT2D eigenvalue weighted by Crippen LogP contribution is -2.14. The van der Waals surface area contributed by atoms with Crippen molar-refractivity contribution in [3.05, 3.63) is 76.8 Å². The fourth-order valence-electron chi connectivity index (χ4n) is 4.13. The van der Waals surface area contributed by atoms with E-state index in [1.54, 1.807) is 35.8 Å². The Bertz CT molecular complexity index is 1690. The number of rotatable bonds is 4. The number of hydrogen-bond donors (Lipinski definition) is 3. The van der Waals surface area contributed by atoms with E-state index in [2.05, 4.69) is 19.9 Å². The molecule has 0 aliphatic rings. The summed E-state index contributed by atoms with van der Waals surface area (Å²) in [7, 11) is 0. The minimum atomic E-state index is -0.645. The Balaban J connectivity index is 1.93. The van der Waals surface area contributed by atoms with Gasteiger partial charge in [-0.25, -0.2) is 23.7 Å². The van der Waals surface area contributed by atoms with Gasteiger partial charge in [-0.3, -0.25) is 15.0 Å². The first-order valence-corrected chi connectivity index (χ1v) is 10.7. The van der Waals surface area contributed by atoms with Gasteiger partial charge in [0.05, 0.1) is 21.6 Å². The highest BCUT2D eigenvalue weighted by atomic mass is 35.5. The lowest BCUT2D eigenvalue weighted by atomic mass is 10.0. The molecule has 35 heavy (non-hydrogen) atoms. The molecule has 11 heteroatoms. The number of aliphatic imine (C=N–C) groups is 1. The maximum Gasteiger partial charge on any atom is 0.149 e. The highest BCUT2D eigenvalue weighted by Gasteiger charge is 2.21. The Labute approximate surface area is 202 Å². The van der Waals surface area contributed by atoms with Crippen molar-refractivity contribution < 1.29 is 8.78 Å². The molecule has 0 fully saturated rings. The molecular weight excluding hydrogens is 474 g/mol. The monoisotopic (exact) mass is 490 g/mol. The van der Waals surface area contributed by atoms with Crippen LogP contribution in [0.1, 0.15) is 11.4 Å². The van der Waals surface area contributed by atoms with E-state index in [-0.39, 0.29) is 27.6 Å². The van der Waals surface area contributed by atoms with Gasteiger partial charge in [0.25, 0.3) is 0 Å². The molecule has 0 unspecified atom stereocenters. The average molecular weight is 491 g/mol. The van der Waals surface area contributed by atoms with Crippen LogP contribution in [0, 0.1) is 24.0 Å². The maximum absolute atomic E-state index is 15.0. The zero-order valence-corrected chi connectivity index (χ0v) is 19.0. The molecule has 0 saturated heterocycles. The van der Waals surface area contributed by atoms with Crippen molar-refractivity contribution >= 4 is 51.5 Å². The number of nitrogens with two attached hydrogens (primary N) is 2. The minimum absolute atomic E-state index is 0.00849. The Morgan fingerprint density at radius 3 is 2.60 bits per heavy atom. The van der Waals surface area contributed by atoms with Crippen LogP contribution >= 0.6 is 11.6 Å². The van der Waals surface area contributed by atoms with E-state index in [1.165, 1.54) is 12.4 Å². The lowest BCUT2D eigenvalue weighted by molar-refractivity contribution is 0.615. The van der Waals surface area contributed by atoms with Crippen LogP contribution in [0.15, 0.2) is 53.8 Å². The Hall–Kier alpha value is -4.44. The summed E-state index contributed by atoms with van der Waals surface area (Å²) in [5.41, 5.74) is 14.9. The summed E-state index contributed by atoms with van der Waals surface area (Å²) in [6.07, 6.45) is 3.75. The molecule has 5 N–H and O–H groups in total. The van der Waals surface area contributed by atoms with Gasteiger partial charge in [-0.1, -0.05) is 11.6 Å². The second-order valence-electron chi connectivity index (χ2n) is 7.67. The van der Waals surface area contributed by atoms with E-state index in [0.717, 1.165) is 18.5 Å². The Morgan fingerprint density at radius 2 is 1.83 bits per heavy atom. The van der Waals surface area contributed by atoms with Crippen LogP contribution in [-0.4, -0.2) is 31.7 Å². The molecule has 5 aromatic rings. The van der Waals surface area contributed by atoms with E-state index in [9.17, 15) is 8.78 Å². The first kappa shape index (κ1) is 22.4. The second kappa shape index (κ2) is 8.41. The zero-order chi connectivity index (χ0) is 24.9. The van der Waals surface area contributed by atoms with Crippen LogP contribution in [-0.2, 0) is 0 Å². The first-order chi connectivity index (χ1) is 16.8. The van der Waals surface area contributed by atoms with Gasteiger partial charge in [0.1, 0.15) is 46.5 Å². The predicted molar refractivity (Wildman–Crippen MR) is 133 cm³/mol. The number of nitrogen functional groups attached to an aromatic ring is 1. The number of amidine groups is 1. The number of benzene rings is 2. The van der Waals surface area contributed by atoms with Gasteiger partial charge >= 0.3 is 0 Å². The molecule has 0 spiro atoms. The standard InChI is InChI=1S/C24H17ClF2N8/c1-11-34-21-14(23(29)33-10-28)8-12(13-4-6-32-24(30)20(13)25)9-18(21)35(11)17-5-7-31-22-16(27)3-2-15(26)19(17)22/h2-10H,1H3,(H2,30,32)(H3,28,29,33). The summed E-state index contributed by atoms with van der Waals surface area (Å²) in [6.45, 7) is 1.73. The number of pyridine rings is 2. The molecule has 0 saturated carbocycles. The van der Waals surface area contributed by atoms with Gasteiger partial charge in [0.2, 0.25) is 0 Å². The fourth-order valence-corrected chi connectivity index (χ4v) is 4.35. The van der Waals surface area contributed by atoms with Crippen LogP contribution in [0.4, 0.5) is 14.6 Å². The fraction of sp³-hybridized carbons (Fsp3) is 0.0417. The van der Waals surface area contributed by atoms with Gasteiger partial charge in [-0.2, -0.15) is 0 Å². The van der Waals surface area contributed by atoms with Crippen LogP contribution in [0.3, 0.4) is 0 Å². The summed E-state index contributed by atoms with van der Waals surface area (Å²) in [5, 5.41) is 7.59. The van der Waals surface area contributed by atoms with E-state index >= 15 is 0 Å². The average Bonchev–Trinajstić information content (AvgIpc) is 3.17. The summed E-state index contributed by atoms with van der Waals surface area (Å²) in [6, 6.07) is 8.89. The van der Waals surface area contributed by atoms with Crippen LogP contribution in [0.25, 0.3) is 38.8 Å². The third-order valence-corrected chi connectivity index (χ3v) is 6.04. The summed E-state index contributed by atoms with van der Waals surface area (Å²) >= 11 is 6.44. The first-order valence-electron chi connectivity index (χ1n) is 10.3. The molecule has 3 aromatic heterocycles. The van der Waals surface area contributed by atoms with Crippen molar-refractivity contribution in [2.24, 2.45) is 10.7 Å². The molecule has 0 aliphatic heterocycles. The zero-order valence-electron chi connectivity index (χ0n) is 18.2.